The standard InChI is InChI=1S/C13H19N3O3S/c14-6-5-11-15-10(8-20-11)13(19)16(7-12(17)18)9-3-1-2-4-9/h8-9H,1-7,14H2,(H,17,18). The predicted octanol–water partition coefficient (Wildman–Crippen LogP) is 1.11. The number of aromatic nitrogens is 1. The monoisotopic (exact) mass is 297 g/mol. The molecule has 0 aromatic carbocycles. The van der Waals surface area contributed by atoms with Gasteiger partial charge in [-0.15, -0.1) is 11.3 Å². The van der Waals surface area contributed by atoms with E-state index < -0.39 is 5.97 Å². The molecule has 1 aliphatic carbocycles. The van der Waals surface area contributed by atoms with Gasteiger partial charge in [0.05, 0.1) is 5.01 Å². The van der Waals surface area contributed by atoms with Gasteiger partial charge in [0.15, 0.2) is 0 Å². The normalized spacial score (nSPS) is 15.4. The third-order valence-corrected chi connectivity index (χ3v) is 4.37. The maximum atomic E-state index is 12.5. The molecule has 3 N–H and O–H groups in total. The highest BCUT2D eigenvalue weighted by molar-refractivity contribution is 7.09. The van der Waals surface area contributed by atoms with Crippen LogP contribution < -0.4 is 5.73 Å². The Bertz CT molecular complexity index is 483. The summed E-state index contributed by atoms with van der Waals surface area (Å²) in [7, 11) is 0. The van der Waals surface area contributed by atoms with Crippen molar-refractivity contribution in [1.82, 2.24) is 9.88 Å². The van der Waals surface area contributed by atoms with Crippen molar-refractivity contribution in [3.63, 3.8) is 0 Å². The Morgan fingerprint density at radius 2 is 2.15 bits per heavy atom. The molecule has 1 aromatic rings. The number of carboxylic acid groups (broad SMARTS) is 1. The number of nitrogens with two attached hydrogens (primary N) is 1. The molecule has 20 heavy (non-hydrogen) atoms. The van der Waals surface area contributed by atoms with Gasteiger partial charge in [-0.1, -0.05) is 12.8 Å². The van der Waals surface area contributed by atoms with E-state index in [2.05, 4.69) is 4.98 Å². The van der Waals surface area contributed by atoms with Crippen LogP contribution in [0.15, 0.2) is 5.38 Å². The summed E-state index contributed by atoms with van der Waals surface area (Å²) < 4.78 is 0. The molecule has 1 saturated carbocycles. The smallest absolute Gasteiger partial charge is 0.323 e. The summed E-state index contributed by atoms with van der Waals surface area (Å²) in [6.07, 6.45) is 4.48. The number of hydrogen-bond donors (Lipinski definition) is 2. The largest absolute Gasteiger partial charge is 0.480 e. The van der Waals surface area contributed by atoms with E-state index in [9.17, 15) is 9.59 Å². The number of amides is 1. The molecular formula is C13H19N3O3S. The molecule has 2 rings (SSSR count). The molecule has 0 atom stereocenters. The lowest BCUT2D eigenvalue weighted by molar-refractivity contribution is -0.138. The Morgan fingerprint density at radius 1 is 1.45 bits per heavy atom. The molecule has 0 bridgehead atoms. The van der Waals surface area contributed by atoms with Gasteiger partial charge in [0, 0.05) is 17.8 Å². The van der Waals surface area contributed by atoms with Crippen molar-refractivity contribution < 1.29 is 14.7 Å². The van der Waals surface area contributed by atoms with E-state index in [4.69, 9.17) is 10.8 Å². The lowest BCUT2D eigenvalue weighted by Crippen LogP contribution is -2.42. The summed E-state index contributed by atoms with van der Waals surface area (Å²) in [4.78, 5) is 29.2. The quantitative estimate of drug-likeness (QED) is 0.820. The van der Waals surface area contributed by atoms with Crippen molar-refractivity contribution in [2.24, 2.45) is 5.73 Å². The summed E-state index contributed by atoms with van der Waals surface area (Å²) in [5.41, 5.74) is 5.80. The zero-order chi connectivity index (χ0) is 14.5. The molecule has 1 aromatic heterocycles. The van der Waals surface area contributed by atoms with Gasteiger partial charge in [-0.3, -0.25) is 9.59 Å². The van der Waals surface area contributed by atoms with Gasteiger partial charge < -0.3 is 15.7 Å². The molecule has 0 aliphatic heterocycles. The number of hydrogen-bond acceptors (Lipinski definition) is 5. The van der Waals surface area contributed by atoms with Crippen LogP contribution in [-0.2, 0) is 11.2 Å². The highest BCUT2D eigenvalue weighted by atomic mass is 32.1. The minimum Gasteiger partial charge on any atom is -0.480 e. The summed E-state index contributed by atoms with van der Waals surface area (Å²) >= 11 is 1.40. The molecule has 1 heterocycles. The fourth-order valence-corrected chi connectivity index (χ4v) is 3.31. The van der Waals surface area contributed by atoms with Crippen LogP contribution in [0.4, 0.5) is 0 Å². The summed E-state index contributed by atoms with van der Waals surface area (Å²) in [5, 5.41) is 11.5. The fraction of sp³-hybridized carbons (Fsp3) is 0.615. The molecule has 0 spiro atoms. The molecule has 1 amide bonds. The van der Waals surface area contributed by atoms with Gasteiger partial charge in [-0.05, 0) is 19.4 Å². The molecule has 0 radical (unpaired) electrons. The summed E-state index contributed by atoms with van der Waals surface area (Å²) in [5.74, 6) is -1.26. The highest BCUT2D eigenvalue weighted by Crippen LogP contribution is 2.25. The SMILES string of the molecule is NCCc1nc(C(=O)N(CC(=O)O)C2CCCC2)cs1. The molecule has 110 valence electrons. The molecular weight excluding hydrogens is 278 g/mol. The zero-order valence-corrected chi connectivity index (χ0v) is 12.1. The molecule has 6 nitrogen and oxygen atoms in total. The molecule has 0 unspecified atom stereocenters. The number of carbonyl (C=O) groups excluding carboxylic acids is 1. The lowest BCUT2D eigenvalue weighted by atomic mass is 10.2. The van der Waals surface area contributed by atoms with Gasteiger partial charge >= 0.3 is 5.97 Å². The Balaban J connectivity index is 2.13. The van der Waals surface area contributed by atoms with Crippen LogP contribution in [0.2, 0.25) is 0 Å². The second-order valence-electron chi connectivity index (χ2n) is 4.93. The van der Waals surface area contributed by atoms with E-state index in [-0.39, 0.29) is 18.5 Å². The topological polar surface area (TPSA) is 96.5 Å². The third-order valence-electron chi connectivity index (χ3n) is 3.46. The van der Waals surface area contributed by atoms with Crippen LogP contribution in [0, 0.1) is 0 Å². The van der Waals surface area contributed by atoms with E-state index in [1.165, 1.54) is 16.2 Å². The molecule has 7 heteroatoms. The van der Waals surface area contributed by atoms with Crippen molar-refractivity contribution >= 4 is 23.2 Å². The molecule has 0 saturated heterocycles. The van der Waals surface area contributed by atoms with E-state index in [0.717, 1.165) is 30.7 Å². The molecule has 1 aliphatic rings. The Labute approximate surface area is 121 Å². The van der Waals surface area contributed by atoms with E-state index >= 15 is 0 Å². The first-order chi connectivity index (χ1) is 9.61. The van der Waals surface area contributed by atoms with E-state index in [0.29, 0.717) is 18.7 Å². The first kappa shape index (κ1) is 14.9. The van der Waals surface area contributed by atoms with Crippen molar-refractivity contribution in [3.05, 3.63) is 16.1 Å². The maximum absolute atomic E-state index is 12.5. The Kier molecular flexibility index (Phi) is 5.08. The van der Waals surface area contributed by atoms with E-state index in [1.54, 1.807) is 5.38 Å². The number of carboxylic acids is 1. The minimum absolute atomic E-state index is 0.0262. The summed E-state index contributed by atoms with van der Waals surface area (Å²) in [6, 6.07) is 0.0262. The van der Waals surface area contributed by atoms with Gasteiger partial charge in [0.25, 0.3) is 5.91 Å². The number of rotatable bonds is 6. The van der Waals surface area contributed by atoms with Crippen molar-refractivity contribution in [1.29, 1.82) is 0 Å². The zero-order valence-electron chi connectivity index (χ0n) is 11.2. The van der Waals surface area contributed by atoms with Crippen molar-refractivity contribution in [2.75, 3.05) is 13.1 Å². The van der Waals surface area contributed by atoms with Crippen LogP contribution in [0.3, 0.4) is 0 Å². The van der Waals surface area contributed by atoms with Gasteiger partial charge in [0.1, 0.15) is 12.2 Å². The first-order valence-electron chi connectivity index (χ1n) is 6.79. The van der Waals surface area contributed by atoms with Crippen LogP contribution in [0.5, 0.6) is 0 Å². The van der Waals surface area contributed by atoms with Crippen LogP contribution >= 0.6 is 11.3 Å². The van der Waals surface area contributed by atoms with Crippen LogP contribution in [0.25, 0.3) is 0 Å². The van der Waals surface area contributed by atoms with E-state index in [1.807, 2.05) is 0 Å². The second-order valence-corrected chi connectivity index (χ2v) is 5.87. The lowest BCUT2D eigenvalue weighted by Gasteiger charge is -2.26. The van der Waals surface area contributed by atoms with Gasteiger partial charge in [-0.2, -0.15) is 0 Å². The summed E-state index contributed by atoms with van der Waals surface area (Å²) in [6.45, 7) is 0.232. The number of thiazole rings is 1. The second kappa shape index (κ2) is 6.81. The average molecular weight is 297 g/mol. The Hall–Kier alpha value is -1.47. The van der Waals surface area contributed by atoms with Gasteiger partial charge in [-0.25, -0.2) is 4.98 Å². The molecule has 1 fully saturated rings. The minimum atomic E-state index is -0.984. The highest BCUT2D eigenvalue weighted by Gasteiger charge is 2.30. The van der Waals surface area contributed by atoms with Crippen LogP contribution in [0.1, 0.15) is 41.2 Å². The predicted molar refractivity (Wildman–Crippen MR) is 75.8 cm³/mol. The number of carbonyl (C=O) groups is 2. The number of nitrogens with zero attached hydrogens (tertiary/aromatic N) is 2. The third kappa shape index (κ3) is 3.55. The average Bonchev–Trinajstić information content (AvgIpc) is 3.06. The van der Waals surface area contributed by atoms with Crippen molar-refractivity contribution in [3.8, 4) is 0 Å². The van der Waals surface area contributed by atoms with Gasteiger partial charge in [0.2, 0.25) is 0 Å². The maximum Gasteiger partial charge on any atom is 0.323 e. The first-order valence-corrected chi connectivity index (χ1v) is 7.67. The Morgan fingerprint density at radius 3 is 2.75 bits per heavy atom. The van der Waals surface area contributed by atoms with Crippen LogP contribution in [-0.4, -0.2) is 46.0 Å². The fourth-order valence-electron chi connectivity index (χ4n) is 2.52. The number of aliphatic carboxylic acids is 1. The van der Waals surface area contributed by atoms with Crippen molar-refractivity contribution in [2.45, 2.75) is 38.1 Å².